The average Bonchev–Trinajstić information content (AvgIpc) is 3.79. The van der Waals surface area contributed by atoms with Gasteiger partial charge >= 0.3 is 0 Å². The molecule has 2 aromatic heterocycles. The van der Waals surface area contributed by atoms with Crippen LogP contribution >= 0.6 is 0 Å². The minimum absolute atomic E-state index is 0.321. The summed E-state index contributed by atoms with van der Waals surface area (Å²) in [5.41, 5.74) is 15.0. The summed E-state index contributed by atoms with van der Waals surface area (Å²) in [6.07, 6.45) is 0. The van der Waals surface area contributed by atoms with Gasteiger partial charge in [-0.15, -0.1) is 0 Å². The Hall–Kier alpha value is -8.68. The monoisotopic (exact) mass is 863 g/mol. The summed E-state index contributed by atoms with van der Waals surface area (Å²) < 4.78 is 0. The molecule has 0 radical (unpaired) electrons. The third kappa shape index (κ3) is 7.09. The number of aromatic nitrogens is 5. The summed E-state index contributed by atoms with van der Waals surface area (Å²) in [7, 11) is 0. The summed E-state index contributed by atoms with van der Waals surface area (Å²) >= 11 is 0. The second kappa shape index (κ2) is 16.7. The molecule has 0 aliphatic heterocycles. The maximum Gasteiger partial charge on any atom is 0.124 e. The Bertz CT molecular complexity index is 3400. The van der Waals surface area contributed by atoms with E-state index in [9.17, 15) is 0 Å². The van der Waals surface area contributed by atoms with Gasteiger partial charge in [-0.2, -0.15) is 15.0 Å². The zero-order chi connectivity index (χ0) is 44.8. The lowest BCUT2D eigenvalue weighted by Crippen LogP contribution is -2.09. The quantitative estimate of drug-likeness (QED) is 0.101. The molecule has 0 aliphatic carbocycles. The normalized spacial score (nSPS) is 11.6. The highest BCUT2D eigenvalue weighted by Gasteiger charge is 2.26. The van der Waals surface area contributed by atoms with Crippen LogP contribution in [0.4, 0.5) is 34.1 Å². The second-order valence-electron chi connectivity index (χ2n) is 17.4. The molecule has 0 amide bonds. The molecule has 10 aromatic carbocycles. The topological polar surface area (TPSA) is 63.0 Å². The first kappa shape index (κ1) is 39.9. The molecule has 12 rings (SSSR count). The summed E-state index contributed by atoms with van der Waals surface area (Å²) in [4.78, 5) is 17.9. The molecular formula is C60H45N7. The van der Waals surface area contributed by atoms with Gasteiger partial charge in [0, 0.05) is 56.0 Å². The van der Waals surface area contributed by atoms with Crippen molar-refractivity contribution in [3.05, 3.63) is 218 Å². The standard InChI is InChI=1S/C60H45N7/c1-40(2)39-65-63-59-53(41-31-35-47(36-32-41)66(43-19-7-3-8-20-43)44-21-9-4-10-22-44)57-58(62-56-52-30-18-16-28-50(52)49-27-15-17-29-51(49)55(56)61-57)54(60(59)64-65)42-33-37-48(38-34-42)67(45-23-11-5-12-24-45)46-25-13-6-14-26-46/h3-38,40H,39H2,1-2H3. The highest BCUT2D eigenvalue weighted by atomic mass is 15.5. The van der Waals surface area contributed by atoms with E-state index < -0.39 is 0 Å². The lowest BCUT2D eigenvalue weighted by atomic mass is 9.93. The Morgan fingerprint density at radius 2 is 0.627 bits per heavy atom. The maximum absolute atomic E-state index is 5.76. The van der Waals surface area contributed by atoms with Crippen molar-refractivity contribution in [2.45, 2.75) is 20.4 Å². The average molecular weight is 864 g/mol. The number of anilines is 6. The van der Waals surface area contributed by atoms with E-state index in [0.717, 1.165) is 111 Å². The van der Waals surface area contributed by atoms with Crippen molar-refractivity contribution in [3.8, 4) is 22.3 Å². The maximum atomic E-state index is 5.76. The predicted molar refractivity (Wildman–Crippen MR) is 278 cm³/mol. The third-order valence-corrected chi connectivity index (χ3v) is 12.6. The van der Waals surface area contributed by atoms with Crippen molar-refractivity contribution in [3.63, 3.8) is 0 Å². The van der Waals surface area contributed by atoms with Crippen LogP contribution in [-0.4, -0.2) is 25.0 Å². The van der Waals surface area contributed by atoms with Crippen molar-refractivity contribution in [1.82, 2.24) is 25.0 Å². The molecule has 7 nitrogen and oxygen atoms in total. The van der Waals surface area contributed by atoms with Crippen LogP contribution in [0.5, 0.6) is 0 Å². The molecule has 0 N–H and O–H groups in total. The van der Waals surface area contributed by atoms with E-state index in [4.69, 9.17) is 20.2 Å². The minimum atomic E-state index is 0.321. The van der Waals surface area contributed by atoms with Crippen LogP contribution in [0, 0.1) is 5.92 Å². The Balaban J connectivity index is 1.13. The van der Waals surface area contributed by atoms with Gasteiger partial charge in [-0.05, 0) is 101 Å². The van der Waals surface area contributed by atoms with Crippen LogP contribution in [0.1, 0.15) is 13.8 Å². The van der Waals surface area contributed by atoms with Crippen molar-refractivity contribution < 1.29 is 0 Å². The first-order chi connectivity index (χ1) is 33.1. The zero-order valence-corrected chi connectivity index (χ0v) is 37.2. The smallest absolute Gasteiger partial charge is 0.124 e. The van der Waals surface area contributed by atoms with Crippen molar-refractivity contribution in [2.75, 3.05) is 9.80 Å². The van der Waals surface area contributed by atoms with Gasteiger partial charge in [-0.3, -0.25) is 0 Å². The number of hydrogen-bond acceptors (Lipinski definition) is 6. The lowest BCUT2D eigenvalue weighted by molar-refractivity contribution is 0.442. The summed E-state index contributed by atoms with van der Waals surface area (Å²) in [6.45, 7) is 5.06. The minimum Gasteiger partial charge on any atom is -0.311 e. The summed E-state index contributed by atoms with van der Waals surface area (Å²) in [6, 6.07) is 76.7. The summed E-state index contributed by atoms with van der Waals surface area (Å²) in [5.74, 6) is 0.321. The molecule has 0 unspecified atom stereocenters. The van der Waals surface area contributed by atoms with Crippen LogP contribution in [0.2, 0.25) is 0 Å². The molecule has 0 atom stereocenters. The Morgan fingerprint density at radius 3 is 0.955 bits per heavy atom. The van der Waals surface area contributed by atoms with Crippen LogP contribution in [0.3, 0.4) is 0 Å². The van der Waals surface area contributed by atoms with Gasteiger partial charge in [0.25, 0.3) is 0 Å². The molecule has 67 heavy (non-hydrogen) atoms. The number of hydrogen-bond donors (Lipinski definition) is 0. The van der Waals surface area contributed by atoms with Crippen molar-refractivity contribution in [2.24, 2.45) is 5.92 Å². The highest BCUT2D eigenvalue weighted by molar-refractivity contribution is 6.26. The second-order valence-corrected chi connectivity index (χ2v) is 17.4. The van der Waals surface area contributed by atoms with E-state index in [-0.39, 0.29) is 0 Å². The van der Waals surface area contributed by atoms with Gasteiger partial charge in [-0.25, -0.2) is 9.97 Å². The van der Waals surface area contributed by atoms with Gasteiger partial charge in [0.15, 0.2) is 0 Å². The van der Waals surface area contributed by atoms with E-state index in [1.165, 1.54) is 0 Å². The Kier molecular flexibility index (Phi) is 9.94. The van der Waals surface area contributed by atoms with E-state index in [1.807, 2.05) is 4.80 Å². The number of para-hydroxylation sites is 4. The molecule has 12 aromatic rings. The molecular weight excluding hydrogens is 819 g/mol. The zero-order valence-electron chi connectivity index (χ0n) is 37.2. The fourth-order valence-electron chi connectivity index (χ4n) is 9.63. The number of fused-ring (bicyclic) bond motifs is 8. The number of rotatable bonds is 10. The molecule has 0 bridgehead atoms. The van der Waals surface area contributed by atoms with Crippen molar-refractivity contribution in [1.29, 1.82) is 0 Å². The number of nitrogens with zero attached hydrogens (tertiary/aromatic N) is 7. The first-order valence-electron chi connectivity index (χ1n) is 22.9. The van der Waals surface area contributed by atoms with Gasteiger partial charge in [0.2, 0.25) is 0 Å². The molecule has 320 valence electrons. The van der Waals surface area contributed by atoms with E-state index in [0.29, 0.717) is 12.5 Å². The van der Waals surface area contributed by atoms with E-state index in [1.54, 1.807) is 0 Å². The first-order valence-corrected chi connectivity index (χ1v) is 22.9. The van der Waals surface area contributed by atoms with Gasteiger partial charge in [0.05, 0.1) is 17.6 Å². The molecule has 0 saturated heterocycles. The third-order valence-electron chi connectivity index (χ3n) is 12.6. The van der Waals surface area contributed by atoms with Gasteiger partial charge < -0.3 is 9.80 Å². The molecule has 0 spiro atoms. The van der Waals surface area contributed by atoms with Crippen LogP contribution in [0.25, 0.3) is 76.9 Å². The van der Waals surface area contributed by atoms with Crippen LogP contribution in [-0.2, 0) is 6.54 Å². The molecule has 2 heterocycles. The highest BCUT2D eigenvalue weighted by Crippen LogP contribution is 2.45. The van der Waals surface area contributed by atoms with Crippen LogP contribution < -0.4 is 9.80 Å². The predicted octanol–water partition coefficient (Wildman–Crippen LogP) is 15.8. The Morgan fingerprint density at radius 1 is 0.328 bits per heavy atom. The largest absolute Gasteiger partial charge is 0.311 e. The fraction of sp³-hybridized carbons (Fsp3) is 0.0667. The van der Waals surface area contributed by atoms with Crippen LogP contribution in [0.15, 0.2) is 218 Å². The van der Waals surface area contributed by atoms with Gasteiger partial charge in [-0.1, -0.05) is 159 Å². The summed E-state index contributed by atoms with van der Waals surface area (Å²) in [5, 5.41) is 15.1. The number of benzene rings is 10. The van der Waals surface area contributed by atoms with Gasteiger partial charge in [0.1, 0.15) is 22.1 Å². The molecule has 0 fully saturated rings. The molecule has 0 aliphatic rings. The Labute approximate surface area is 388 Å². The van der Waals surface area contributed by atoms with Crippen molar-refractivity contribution >= 4 is 88.8 Å². The molecule has 0 saturated carbocycles. The van der Waals surface area contributed by atoms with E-state index >= 15 is 0 Å². The SMILES string of the molecule is CC(C)Cn1nc2c(-c3ccc(N(c4ccccc4)c4ccccc4)cc3)c3nc4c5ccccc5c5ccccc5c4nc3c(-c3ccc(N(c4ccccc4)c4ccccc4)cc3)c2n1. The molecule has 7 heteroatoms. The van der Waals surface area contributed by atoms with E-state index in [2.05, 4.69) is 242 Å². The lowest BCUT2D eigenvalue weighted by Gasteiger charge is -2.25. The fourth-order valence-corrected chi connectivity index (χ4v) is 9.63.